The Hall–Kier alpha value is -0.870. The van der Waals surface area contributed by atoms with Crippen LogP contribution < -0.4 is 11.5 Å². The maximum Gasteiger partial charge on any atom is 0.320 e. The Morgan fingerprint density at radius 3 is 2.14 bits per heavy atom. The second-order valence-electron chi connectivity index (χ2n) is 3.33. The molecule has 0 radical (unpaired) electrons. The van der Waals surface area contributed by atoms with Crippen LogP contribution in [0.3, 0.4) is 0 Å². The molecular formula is C10H22N2O2. The molecule has 0 aromatic heterocycles. The van der Waals surface area contributed by atoms with Crippen molar-refractivity contribution in [2.24, 2.45) is 17.4 Å². The molecule has 1 atom stereocenters. The second-order valence-corrected chi connectivity index (χ2v) is 3.33. The van der Waals surface area contributed by atoms with Gasteiger partial charge in [0.15, 0.2) is 0 Å². The quantitative estimate of drug-likeness (QED) is 0.457. The van der Waals surface area contributed by atoms with E-state index in [4.69, 9.17) is 16.6 Å². The van der Waals surface area contributed by atoms with Crippen molar-refractivity contribution in [3.63, 3.8) is 0 Å². The lowest BCUT2D eigenvalue weighted by molar-refractivity contribution is -0.139. The summed E-state index contributed by atoms with van der Waals surface area (Å²) in [5, 5.41) is 8.23. The van der Waals surface area contributed by atoms with E-state index >= 15 is 0 Å². The molecule has 0 unspecified atom stereocenters. The smallest absolute Gasteiger partial charge is 0.320 e. The molecule has 5 N–H and O–H groups in total. The molecule has 0 heterocycles. The van der Waals surface area contributed by atoms with Crippen LogP contribution in [0.1, 0.15) is 26.7 Å². The highest BCUT2D eigenvalue weighted by Crippen LogP contribution is 1.96. The molecule has 4 heteroatoms. The van der Waals surface area contributed by atoms with Crippen LogP contribution in [-0.4, -0.2) is 23.7 Å². The number of rotatable bonds is 5. The minimum absolute atomic E-state index is 0.0208. The fourth-order valence-electron chi connectivity index (χ4n) is 0.547. The SMILES string of the molecule is C=CCCCN.CC(C)[C@H](N)C(=O)O. The predicted octanol–water partition coefficient (Wildman–Crippen LogP) is 0.966. The maximum atomic E-state index is 10.0. The Bertz CT molecular complexity index is 158. The average molecular weight is 202 g/mol. The Labute approximate surface area is 86.0 Å². The summed E-state index contributed by atoms with van der Waals surface area (Å²) < 4.78 is 0. The standard InChI is InChI=1S/C5H11NO2.C5H11N/c1-3(2)4(6)5(7)8;1-2-3-4-5-6/h3-4H,6H2,1-2H3,(H,7,8);2H,1,3-6H2/t4-;/m0./s1. The molecule has 0 aliphatic rings. The Morgan fingerprint density at radius 1 is 1.57 bits per heavy atom. The van der Waals surface area contributed by atoms with Crippen LogP contribution in [0.5, 0.6) is 0 Å². The lowest BCUT2D eigenvalue weighted by atomic mass is 10.1. The largest absolute Gasteiger partial charge is 0.480 e. The monoisotopic (exact) mass is 202 g/mol. The molecule has 0 saturated heterocycles. The zero-order valence-electron chi connectivity index (χ0n) is 9.07. The van der Waals surface area contributed by atoms with Gasteiger partial charge in [-0.15, -0.1) is 6.58 Å². The molecule has 0 amide bonds. The van der Waals surface area contributed by atoms with Crippen molar-refractivity contribution in [2.75, 3.05) is 6.54 Å². The lowest BCUT2D eigenvalue weighted by Gasteiger charge is -2.07. The van der Waals surface area contributed by atoms with Gasteiger partial charge in [0.25, 0.3) is 0 Å². The average Bonchev–Trinajstić information content (AvgIpc) is 2.14. The van der Waals surface area contributed by atoms with Crippen molar-refractivity contribution < 1.29 is 9.90 Å². The van der Waals surface area contributed by atoms with Gasteiger partial charge in [0.05, 0.1) is 0 Å². The predicted molar refractivity (Wildman–Crippen MR) is 58.9 cm³/mol. The summed E-state index contributed by atoms with van der Waals surface area (Å²) in [5.74, 6) is -0.910. The Morgan fingerprint density at radius 2 is 2.07 bits per heavy atom. The van der Waals surface area contributed by atoms with E-state index in [-0.39, 0.29) is 5.92 Å². The fraction of sp³-hybridized carbons (Fsp3) is 0.700. The van der Waals surface area contributed by atoms with Crippen LogP contribution in [0, 0.1) is 5.92 Å². The first-order valence-corrected chi connectivity index (χ1v) is 4.76. The van der Waals surface area contributed by atoms with Crippen molar-refractivity contribution in [3.8, 4) is 0 Å². The van der Waals surface area contributed by atoms with Gasteiger partial charge in [0.2, 0.25) is 0 Å². The van der Waals surface area contributed by atoms with E-state index < -0.39 is 12.0 Å². The van der Waals surface area contributed by atoms with Gasteiger partial charge in [-0.1, -0.05) is 19.9 Å². The number of hydrogen-bond acceptors (Lipinski definition) is 3. The Balaban J connectivity index is 0. The molecule has 0 aromatic carbocycles. The fourth-order valence-corrected chi connectivity index (χ4v) is 0.547. The Kier molecular flexibility index (Phi) is 11.4. The normalized spacial score (nSPS) is 11.5. The molecule has 0 saturated carbocycles. The molecule has 0 bridgehead atoms. The van der Waals surface area contributed by atoms with E-state index in [0.29, 0.717) is 0 Å². The van der Waals surface area contributed by atoms with Gasteiger partial charge in [-0.05, 0) is 25.3 Å². The van der Waals surface area contributed by atoms with Crippen molar-refractivity contribution in [1.82, 2.24) is 0 Å². The number of unbranched alkanes of at least 4 members (excludes halogenated alkanes) is 1. The van der Waals surface area contributed by atoms with Crippen LogP contribution in [0.2, 0.25) is 0 Å². The van der Waals surface area contributed by atoms with E-state index in [2.05, 4.69) is 6.58 Å². The van der Waals surface area contributed by atoms with Crippen LogP contribution in [0.4, 0.5) is 0 Å². The molecule has 0 aliphatic carbocycles. The zero-order valence-corrected chi connectivity index (χ0v) is 9.07. The molecule has 0 aliphatic heterocycles. The number of carbonyl (C=O) groups is 1. The third-order valence-electron chi connectivity index (χ3n) is 1.62. The van der Waals surface area contributed by atoms with Crippen LogP contribution in [0.15, 0.2) is 12.7 Å². The molecular weight excluding hydrogens is 180 g/mol. The number of carboxylic acid groups (broad SMARTS) is 1. The van der Waals surface area contributed by atoms with Gasteiger partial charge in [-0.25, -0.2) is 0 Å². The maximum absolute atomic E-state index is 10.0. The van der Waals surface area contributed by atoms with E-state index in [1.54, 1.807) is 13.8 Å². The summed E-state index contributed by atoms with van der Waals surface area (Å²) in [6.07, 6.45) is 4.01. The van der Waals surface area contributed by atoms with Crippen molar-refractivity contribution in [2.45, 2.75) is 32.7 Å². The number of carboxylic acids is 1. The van der Waals surface area contributed by atoms with Crippen molar-refractivity contribution >= 4 is 5.97 Å². The highest BCUT2D eigenvalue weighted by atomic mass is 16.4. The zero-order chi connectivity index (χ0) is 11.6. The van der Waals surface area contributed by atoms with Crippen LogP contribution in [0.25, 0.3) is 0 Å². The van der Waals surface area contributed by atoms with Gasteiger partial charge >= 0.3 is 5.97 Å². The summed E-state index contributed by atoms with van der Waals surface area (Å²) >= 11 is 0. The molecule has 0 aromatic rings. The van der Waals surface area contributed by atoms with Gasteiger partial charge < -0.3 is 16.6 Å². The van der Waals surface area contributed by atoms with E-state index in [1.807, 2.05) is 6.08 Å². The van der Waals surface area contributed by atoms with Gasteiger partial charge in [0.1, 0.15) is 6.04 Å². The summed E-state index contributed by atoms with van der Waals surface area (Å²) in [7, 11) is 0. The molecule has 14 heavy (non-hydrogen) atoms. The number of aliphatic carboxylic acids is 1. The van der Waals surface area contributed by atoms with E-state index in [9.17, 15) is 4.79 Å². The van der Waals surface area contributed by atoms with E-state index in [0.717, 1.165) is 19.4 Å². The lowest BCUT2D eigenvalue weighted by Crippen LogP contribution is -2.34. The molecule has 0 rings (SSSR count). The highest BCUT2D eigenvalue weighted by Gasteiger charge is 2.14. The first-order valence-electron chi connectivity index (χ1n) is 4.76. The van der Waals surface area contributed by atoms with Crippen LogP contribution in [-0.2, 0) is 4.79 Å². The summed E-state index contributed by atoms with van der Waals surface area (Å²) in [5.41, 5.74) is 10.3. The topological polar surface area (TPSA) is 89.3 Å². The number of allylic oxidation sites excluding steroid dienone is 1. The van der Waals surface area contributed by atoms with Crippen molar-refractivity contribution in [1.29, 1.82) is 0 Å². The van der Waals surface area contributed by atoms with Crippen LogP contribution >= 0.6 is 0 Å². The first kappa shape index (κ1) is 15.6. The van der Waals surface area contributed by atoms with Crippen molar-refractivity contribution in [3.05, 3.63) is 12.7 Å². The second kappa shape index (κ2) is 10.2. The molecule has 84 valence electrons. The molecule has 0 fully saturated rings. The van der Waals surface area contributed by atoms with Gasteiger partial charge in [-0.3, -0.25) is 4.79 Å². The third kappa shape index (κ3) is 11.1. The number of hydrogen-bond donors (Lipinski definition) is 3. The minimum Gasteiger partial charge on any atom is -0.480 e. The van der Waals surface area contributed by atoms with Gasteiger partial charge in [0, 0.05) is 0 Å². The summed E-state index contributed by atoms with van der Waals surface area (Å²) in [6.45, 7) is 7.88. The first-order chi connectivity index (χ1) is 6.47. The number of nitrogens with two attached hydrogens (primary N) is 2. The summed E-state index contributed by atoms with van der Waals surface area (Å²) in [6, 6.07) is -0.713. The minimum atomic E-state index is -0.931. The third-order valence-corrected chi connectivity index (χ3v) is 1.62. The van der Waals surface area contributed by atoms with Gasteiger partial charge in [-0.2, -0.15) is 0 Å². The summed E-state index contributed by atoms with van der Waals surface area (Å²) in [4.78, 5) is 10.0. The highest BCUT2D eigenvalue weighted by molar-refractivity contribution is 5.73. The molecule has 4 nitrogen and oxygen atoms in total. The van der Waals surface area contributed by atoms with E-state index in [1.165, 1.54) is 0 Å². The molecule has 0 spiro atoms.